The molecule has 108 valence electrons. The highest BCUT2D eigenvalue weighted by molar-refractivity contribution is 7.80. The molecule has 0 unspecified atom stereocenters. The quantitative estimate of drug-likeness (QED) is 0.661. The maximum absolute atomic E-state index is 5.06. The fourth-order valence-corrected chi connectivity index (χ4v) is 3.45. The molecule has 0 aliphatic heterocycles. The highest BCUT2D eigenvalue weighted by Gasteiger charge is 2.21. The van der Waals surface area contributed by atoms with E-state index in [2.05, 4.69) is 28.0 Å². The summed E-state index contributed by atoms with van der Waals surface area (Å²) >= 11 is 6.77. The standard InChI is InChI=1S/C15H16N4S2/c1-16-15(20)19-18-12-9-5-8-11-13(12)21-14(17-11)10-6-3-2-4-7-10/h2-4,6-7H,5,8-9H2,1H3,(H2,16,19,20). The molecule has 1 heterocycles. The normalized spacial score (nSPS) is 15.6. The van der Waals surface area contributed by atoms with Gasteiger partial charge in [-0.1, -0.05) is 30.3 Å². The van der Waals surface area contributed by atoms with Gasteiger partial charge in [-0.3, -0.25) is 5.43 Å². The van der Waals surface area contributed by atoms with E-state index >= 15 is 0 Å². The van der Waals surface area contributed by atoms with Crippen molar-refractivity contribution in [1.29, 1.82) is 0 Å². The number of rotatable bonds is 2. The van der Waals surface area contributed by atoms with Crippen molar-refractivity contribution < 1.29 is 0 Å². The van der Waals surface area contributed by atoms with E-state index in [0.29, 0.717) is 5.11 Å². The predicted octanol–water partition coefficient (Wildman–Crippen LogP) is 2.94. The molecule has 1 aliphatic rings. The zero-order valence-electron chi connectivity index (χ0n) is 11.7. The molecular formula is C15H16N4S2. The van der Waals surface area contributed by atoms with E-state index in [0.717, 1.165) is 41.2 Å². The first kappa shape index (κ1) is 14.2. The maximum atomic E-state index is 5.06. The van der Waals surface area contributed by atoms with Crippen LogP contribution in [0.4, 0.5) is 0 Å². The Kier molecular flexibility index (Phi) is 4.26. The van der Waals surface area contributed by atoms with E-state index in [1.807, 2.05) is 18.2 Å². The van der Waals surface area contributed by atoms with Gasteiger partial charge in [0, 0.05) is 12.6 Å². The summed E-state index contributed by atoms with van der Waals surface area (Å²) in [5, 5.41) is 8.89. The molecule has 0 saturated carbocycles. The number of nitrogens with zero attached hydrogens (tertiary/aromatic N) is 2. The van der Waals surface area contributed by atoms with Crippen molar-refractivity contribution in [3.05, 3.63) is 40.9 Å². The predicted molar refractivity (Wildman–Crippen MR) is 91.8 cm³/mol. The number of hydrogen-bond donors (Lipinski definition) is 2. The number of aromatic nitrogens is 1. The molecule has 3 rings (SSSR count). The van der Waals surface area contributed by atoms with Crippen molar-refractivity contribution in [1.82, 2.24) is 15.7 Å². The van der Waals surface area contributed by atoms with Crippen molar-refractivity contribution >= 4 is 34.4 Å². The smallest absolute Gasteiger partial charge is 0.186 e. The molecule has 2 aromatic rings. The Bertz CT molecular complexity index is 676. The molecule has 2 N–H and O–H groups in total. The van der Waals surface area contributed by atoms with Crippen LogP contribution in [0, 0.1) is 0 Å². The lowest BCUT2D eigenvalue weighted by Crippen LogP contribution is -2.29. The molecule has 0 spiro atoms. The van der Waals surface area contributed by atoms with E-state index in [1.165, 1.54) is 4.88 Å². The molecule has 0 radical (unpaired) electrons. The average Bonchev–Trinajstić information content (AvgIpc) is 2.98. The summed E-state index contributed by atoms with van der Waals surface area (Å²) in [5.41, 5.74) is 6.24. The van der Waals surface area contributed by atoms with Gasteiger partial charge < -0.3 is 5.32 Å². The molecule has 21 heavy (non-hydrogen) atoms. The number of aryl methyl sites for hydroxylation is 1. The Morgan fingerprint density at radius 1 is 1.29 bits per heavy atom. The minimum atomic E-state index is 0.530. The number of thiazole rings is 1. The zero-order chi connectivity index (χ0) is 14.7. The number of thiocarbonyl (C=S) groups is 1. The second kappa shape index (κ2) is 6.32. The van der Waals surface area contributed by atoms with Gasteiger partial charge in [-0.2, -0.15) is 5.10 Å². The first-order valence-electron chi connectivity index (χ1n) is 6.87. The van der Waals surface area contributed by atoms with E-state index in [-0.39, 0.29) is 0 Å². The van der Waals surface area contributed by atoms with Gasteiger partial charge in [0.05, 0.1) is 16.3 Å². The van der Waals surface area contributed by atoms with Crippen LogP contribution in [0.1, 0.15) is 23.4 Å². The van der Waals surface area contributed by atoms with Gasteiger partial charge in [0.1, 0.15) is 5.01 Å². The molecule has 0 fully saturated rings. The molecule has 1 aromatic carbocycles. The molecule has 1 aliphatic carbocycles. The van der Waals surface area contributed by atoms with Crippen LogP contribution < -0.4 is 10.7 Å². The van der Waals surface area contributed by atoms with Crippen molar-refractivity contribution in [2.45, 2.75) is 19.3 Å². The molecule has 0 saturated heterocycles. The Labute approximate surface area is 133 Å². The summed E-state index contributed by atoms with van der Waals surface area (Å²) in [7, 11) is 1.78. The minimum absolute atomic E-state index is 0.530. The topological polar surface area (TPSA) is 49.3 Å². The zero-order valence-corrected chi connectivity index (χ0v) is 13.4. The number of hydrogen-bond acceptors (Lipinski definition) is 4. The van der Waals surface area contributed by atoms with E-state index in [4.69, 9.17) is 17.2 Å². The third kappa shape index (κ3) is 3.11. The van der Waals surface area contributed by atoms with Crippen molar-refractivity contribution in [3.63, 3.8) is 0 Å². The lowest BCUT2D eigenvalue weighted by atomic mass is 10.0. The molecule has 0 amide bonds. The van der Waals surface area contributed by atoms with Gasteiger partial charge in [0.15, 0.2) is 5.11 Å². The van der Waals surface area contributed by atoms with Gasteiger partial charge in [-0.15, -0.1) is 11.3 Å². The fourth-order valence-electron chi connectivity index (χ4n) is 2.27. The van der Waals surface area contributed by atoms with Gasteiger partial charge in [-0.25, -0.2) is 4.98 Å². The van der Waals surface area contributed by atoms with Crippen LogP contribution in [-0.4, -0.2) is 22.9 Å². The summed E-state index contributed by atoms with van der Waals surface area (Å²) in [6.45, 7) is 0. The minimum Gasteiger partial charge on any atom is -0.364 e. The van der Waals surface area contributed by atoms with Crippen LogP contribution in [0.2, 0.25) is 0 Å². The monoisotopic (exact) mass is 316 g/mol. The third-order valence-electron chi connectivity index (χ3n) is 3.33. The van der Waals surface area contributed by atoms with Gasteiger partial charge in [0.25, 0.3) is 0 Å². The van der Waals surface area contributed by atoms with Gasteiger partial charge in [0.2, 0.25) is 0 Å². The maximum Gasteiger partial charge on any atom is 0.186 e. The number of hydrazone groups is 1. The van der Waals surface area contributed by atoms with Crippen LogP contribution in [-0.2, 0) is 6.42 Å². The highest BCUT2D eigenvalue weighted by Crippen LogP contribution is 2.32. The number of benzene rings is 1. The fraction of sp³-hybridized carbons (Fsp3) is 0.267. The lowest BCUT2D eigenvalue weighted by Gasteiger charge is -2.12. The van der Waals surface area contributed by atoms with Gasteiger partial charge >= 0.3 is 0 Å². The molecule has 1 aromatic heterocycles. The Morgan fingerprint density at radius 3 is 2.86 bits per heavy atom. The van der Waals surface area contributed by atoms with Crippen LogP contribution in [0.5, 0.6) is 0 Å². The van der Waals surface area contributed by atoms with Crippen molar-refractivity contribution in [3.8, 4) is 10.6 Å². The first-order chi connectivity index (χ1) is 10.3. The van der Waals surface area contributed by atoms with E-state index in [9.17, 15) is 0 Å². The van der Waals surface area contributed by atoms with Crippen molar-refractivity contribution in [2.75, 3.05) is 7.05 Å². The third-order valence-corrected chi connectivity index (χ3v) is 4.82. The summed E-state index contributed by atoms with van der Waals surface area (Å²) in [5.74, 6) is 0. The average molecular weight is 316 g/mol. The van der Waals surface area contributed by atoms with Crippen LogP contribution >= 0.6 is 23.6 Å². The lowest BCUT2D eigenvalue weighted by molar-refractivity contribution is 0.811. The SMILES string of the molecule is CNC(=S)NN=C1CCCc2nc(-c3ccccc3)sc21. The van der Waals surface area contributed by atoms with E-state index in [1.54, 1.807) is 18.4 Å². The Hall–Kier alpha value is -1.79. The Balaban J connectivity index is 1.92. The molecule has 0 atom stereocenters. The number of nitrogens with one attached hydrogen (secondary N) is 2. The second-order valence-electron chi connectivity index (χ2n) is 4.76. The van der Waals surface area contributed by atoms with Crippen LogP contribution in [0.3, 0.4) is 0 Å². The summed E-state index contributed by atoms with van der Waals surface area (Å²) in [6.07, 6.45) is 3.06. The summed E-state index contributed by atoms with van der Waals surface area (Å²) in [4.78, 5) is 5.97. The van der Waals surface area contributed by atoms with Crippen LogP contribution in [0.25, 0.3) is 10.6 Å². The summed E-state index contributed by atoms with van der Waals surface area (Å²) in [6, 6.07) is 10.3. The van der Waals surface area contributed by atoms with Crippen LogP contribution in [0.15, 0.2) is 35.4 Å². The van der Waals surface area contributed by atoms with Crippen molar-refractivity contribution in [2.24, 2.45) is 5.10 Å². The summed E-state index contributed by atoms with van der Waals surface area (Å²) < 4.78 is 0. The highest BCUT2D eigenvalue weighted by atomic mass is 32.1. The Morgan fingerprint density at radius 2 is 2.10 bits per heavy atom. The number of fused-ring (bicyclic) bond motifs is 1. The molecule has 0 bridgehead atoms. The first-order valence-corrected chi connectivity index (χ1v) is 8.10. The molecule has 4 nitrogen and oxygen atoms in total. The van der Waals surface area contributed by atoms with Gasteiger partial charge in [-0.05, 0) is 31.5 Å². The molecular weight excluding hydrogens is 300 g/mol. The van der Waals surface area contributed by atoms with E-state index < -0.39 is 0 Å². The molecule has 6 heteroatoms. The largest absolute Gasteiger partial charge is 0.364 e. The second-order valence-corrected chi connectivity index (χ2v) is 6.17.